The van der Waals surface area contributed by atoms with Crippen molar-refractivity contribution in [3.63, 3.8) is 0 Å². The summed E-state index contributed by atoms with van der Waals surface area (Å²) in [6.45, 7) is 9.05. The van der Waals surface area contributed by atoms with Crippen LogP contribution in [0, 0.1) is 6.92 Å². The molecule has 0 aromatic carbocycles. The number of amides is 1. The molecule has 90 valence electrons. The van der Waals surface area contributed by atoms with E-state index in [1.807, 2.05) is 12.3 Å². The van der Waals surface area contributed by atoms with Crippen LogP contribution < -0.4 is 4.90 Å². The van der Waals surface area contributed by atoms with Gasteiger partial charge in [-0.3, -0.25) is 4.79 Å². The molecule has 1 aromatic rings. The van der Waals surface area contributed by atoms with Crippen molar-refractivity contribution < 1.29 is 4.79 Å². The monoisotopic (exact) mass is 231 g/mol. The average molecular weight is 231 g/mol. The van der Waals surface area contributed by atoms with Gasteiger partial charge < -0.3 is 9.80 Å². The fourth-order valence-corrected chi connectivity index (χ4v) is 1.99. The lowest BCUT2D eigenvalue weighted by Crippen LogP contribution is -2.46. The van der Waals surface area contributed by atoms with E-state index in [4.69, 9.17) is 0 Å². The van der Waals surface area contributed by atoms with E-state index in [1.54, 1.807) is 4.90 Å². The fourth-order valence-electron chi connectivity index (χ4n) is 1.99. The van der Waals surface area contributed by atoms with Gasteiger partial charge in [-0.25, -0.2) is 4.98 Å². The summed E-state index contributed by atoms with van der Waals surface area (Å²) in [6.07, 6.45) is 4.58. The minimum atomic E-state index is 0.771. The minimum absolute atomic E-state index is 0.771. The van der Waals surface area contributed by atoms with Crippen LogP contribution in [0.3, 0.4) is 0 Å². The van der Waals surface area contributed by atoms with Gasteiger partial charge in [-0.05, 0) is 24.1 Å². The standard InChI is InChI=1S/C13H17N3O/c1-3-12-9-14-13(8-11(12)2)16-6-4-15(10-17)5-7-16/h3,8-10H,1,4-7H2,2H3. The number of anilines is 1. The number of pyridine rings is 1. The van der Waals surface area contributed by atoms with Crippen LogP contribution in [0.25, 0.3) is 6.08 Å². The van der Waals surface area contributed by atoms with Crippen LogP contribution >= 0.6 is 0 Å². The zero-order valence-electron chi connectivity index (χ0n) is 10.1. The summed E-state index contributed by atoms with van der Waals surface area (Å²) in [5.74, 6) is 0.985. The summed E-state index contributed by atoms with van der Waals surface area (Å²) in [5.41, 5.74) is 2.25. The lowest BCUT2D eigenvalue weighted by atomic mass is 10.1. The van der Waals surface area contributed by atoms with Crippen molar-refractivity contribution in [2.75, 3.05) is 31.1 Å². The van der Waals surface area contributed by atoms with Crippen LogP contribution in [0.15, 0.2) is 18.8 Å². The molecule has 1 fully saturated rings. The number of aromatic nitrogens is 1. The van der Waals surface area contributed by atoms with E-state index in [2.05, 4.69) is 29.5 Å². The Morgan fingerprint density at radius 2 is 2.06 bits per heavy atom. The zero-order chi connectivity index (χ0) is 12.3. The van der Waals surface area contributed by atoms with E-state index >= 15 is 0 Å². The van der Waals surface area contributed by atoms with Crippen LogP contribution in [0.2, 0.25) is 0 Å². The second-order valence-electron chi connectivity index (χ2n) is 4.23. The van der Waals surface area contributed by atoms with E-state index in [9.17, 15) is 4.79 Å². The number of hydrogen-bond donors (Lipinski definition) is 0. The van der Waals surface area contributed by atoms with E-state index < -0.39 is 0 Å². The Kier molecular flexibility index (Phi) is 3.42. The quantitative estimate of drug-likeness (QED) is 0.736. The van der Waals surface area contributed by atoms with Gasteiger partial charge in [-0.1, -0.05) is 12.7 Å². The molecule has 1 aromatic heterocycles. The van der Waals surface area contributed by atoms with Gasteiger partial charge >= 0.3 is 0 Å². The van der Waals surface area contributed by atoms with Gasteiger partial charge in [-0.15, -0.1) is 0 Å². The van der Waals surface area contributed by atoms with Crippen LogP contribution in [-0.2, 0) is 4.79 Å². The van der Waals surface area contributed by atoms with Crippen molar-refractivity contribution in [1.82, 2.24) is 9.88 Å². The third-order valence-electron chi connectivity index (χ3n) is 3.14. The molecule has 4 nitrogen and oxygen atoms in total. The van der Waals surface area contributed by atoms with Gasteiger partial charge in [-0.2, -0.15) is 0 Å². The topological polar surface area (TPSA) is 36.4 Å². The van der Waals surface area contributed by atoms with Gasteiger partial charge in [0, 0.05) is 32.4 Å². The van der Waals surface area contributed by atoms with Gasteiger partial charge in [0.2, 0.25) is 6.41 Å². The Hall–Kier alpha value is -1.84. The number of piperazine rings is 1. The first-order valence-corrected chi connectivity index (χ1v) is 5.78. The van der Waals surface area contributed by atoms with Crippen molar-refractivity contribution in [2.45, 2.75) is 6.92 Å². The van der Waals surface area contributed by atoms with E-state index in [0.717, 1.165) is 44.0 Å². The summed E-state index contributed by atoms with van der Waals surface area (Å²) in [5, 5.41) is 0. The molecule has 2 rings (SSSR count). The van der Waals surface area contributed by atoms with Crippen molar-refractivity contribution in [3.8, 4) is 0 Å². The maximum Gasteiger partial charge on any atom is 0.209 e. The number of nitrogens with zero attached hydrogens (tertiary/aromatic N) is 3. The molecule has 0 unspecified atom stereocenters. The SMILES string of the molecule is C=Cc1cnc(N2CCN(C=O)CC2)cc1C. The van der Waals surface area contributed by atoms with Gasteiger partial charge in [0.15, 0.2) is 0 Å². The third kappa shape index (κ3) is 2.46. The number of hydrogen-bond acceptors (Lipinski definition) is 3. The van der Waals surface area contributed by atoms with Gasteiger partial charge in [0.05, 0.1) is 0 Å². The highest BCUT2D eigenvalue weighted by Crippen LogP contribution is 2.17. The van der Waals surface area contributed by atoms with Gasteiger partial charge in [0.1, 0.15) is 5.82 Å². The lowest BCUT2D eigenvalue weighted by molar-refractivity contribution is -0.118. The highest BCUT2D eigenvalue weighted by Gasteiger charge is 2.16. The van der Waals surface area contributed by atoms with E-state index in [0.29, 0.717) is 0 Å². The minimum Gasteiger partial charge on any atom is -0.353 e. The molecule has 0 atom stereocenters. The number of rotatable bonds is 3. The molecule has 1 aliphatic rings. The molecule has 1 amide bonds. The largest absolute Gasteiger partial charge is 0.353 e. The van der Waals surface area contributed by atoms with Crippen molar-refractivity contribution in [2.24, 2.45) is 0 Å². The average Bonchev–Trinajstić information content (AvgIpc) is 2.39. The Balaban J connectivity index is 2.10. The summed E-state index contributed by atoms with van der Waals surface area (Å²) in [7, 11) is 0. The Labute approximate surface area is 102 Å². The van der Waals surface area contributed by atoms with Gasteiger partial charge in [0.25, 0.3) is 0 Å². The summed E-state index contributed by atoms with van der Waals surface area (Å²) in [6, 6.07) is 2.08. The molecule has 0 aliphatic carbocycles. The Morgan fingerprint density at radius 1 is 1.35 bits per heavy atom. The maximum absolute atomic E-state index is 10.6. The number of carbonyl (C=O) groups excluding carboxylic acids is 1. The highest BCUT2D eigenvalue weighted by molar-refractivity contribution is 5.55. The molecule has 17 heavy (non-hydrogen) atoms. The van der Waals surface area contributed by atoms with Crippen LogP contribution in [0.5, 0.6) is 0 Å². The van der Waals surface area contributed by atoms with Crippen molar-refractivity contribution in [3.05, 3.63) is 30.0 Å². The van der Waals surface area contributed by atoms with Crippen molar-refractivity contribution in [1.29, 1.82) is 0 Å². The Bertz CT molecular complexity index is 423. The predicted molar refractivity (Wildman–Crippen MR) is 68.9 cm³/mol. The number of aryl methyl sites for hydroxylation is 1. The molecule has 0 saturated carbocycles. The van der Waals surface area contributed by atoms with E-state index in [1.165, 1.54) is 5.56 Å². The molecule has 1 saturated heterocycles. The van der Waals surface area contributed by atoms with Crippen molar-refractivity contribution >= 4 is 18.3 Å². The summed E-state index contributed by atoms with van der Waals surface area (Å²) < 4.78 is 0. The maximum atomic E-state index is 10.6. The predicted octanol–water partition coefficient (Wildman–Crippen LogP) is 1.31. The molecular formula is C13H17N3O. The first kappa shape index (κ1) is 11.6. The van der Waals surface area contributed by atoms with Crippen LogP contribution in [0.4, 0.5) is 5.82 Å². The molecule has 1 aliphatic heterocycles. The number of carbonyl (C=O) groups is 1. The molecule has 0 N–H and O–H groups in total. The van der Waals surface area contributed by atoms with E-state index in [-0.39, 0.29) is 0 Å². The smallest absolute Gasteiger partial charge is 0.209 e. The molecule has 2 heterocycles. The zero-order valence-corrected chi connectivity index (χ0v) is 10.1. The highest BCUT2D eigenvalue weighted by atomic mass is 16.1. The molecular weight excluding hydrogens is 214 g/mol. The van der Waals surface area contributed by atoms with Crippen LogP contribution in [0.1, 0.15) is 11.1 Å². The molecule has 4 heteroatoms. The molecule has 0 bridgehead atoms. The third-order valence-corrected chi connectivity index (χ3v) is 3.14. The normalized spacial score (nSPS) is 15.8. The summed E-state index contributed by atoms with van der Waals surface area (Å²) >= 11 is 0. The Morgan fingerprint density at radius 3 is 2.59 bits per heavy atom. The first-order chi connectivity index (χ1) is 8.24. The lowest BCUT2D eigenvalue weighted by Gasteiger charge is -2.33. The first-order valence-electron chi connectivity index (χ1n) is 5.78. The second kappa shape index (κ2) is 4.99. The molecule has 0 radical (unpaired) electrons. The second-order valence-corrected chi connectivity index (χ2v) is 4.23. The summed E-state index contributed by atoms with van der Waals surface area (Å²) in [4.78, 5) is 19.1. The van der Waals surface area contributed by atoms with Crippen LogP contribution in [-0.4, -0.2) is 42.5 Å². The fraction of sp³-hybridized carbons (Fsp3) is 0.385. The molecule has 0 spiro atoms.